The summed E-state index contributed by atoms with van der Waals surface area (Å²) in [6.07, 6.45) is 1.68. The van der Waals surface area contributed by atoms with Crippen LogP contribution in [0.15, 0.2) is 41.3 Å². The number of hydrogen-bond acceptors (Lipinski definition) is 1. The first-order valence-corrected chi connectivity index (χ1v) is 4.93. The van der Waals surface area contributed by atoms with E-state index in [4.69, 9.17) is 0 Å². The number of aryl methyl sites for hydroxylation is 2. The fourth-order valence-electron chi connectivity index (χ4n) is 1.66. The third kappa shape index (κ3) is 1.99. The number of aromatic nitrogens is 1. The maximum atomic E-state index is 11.2. The fourth-order valence-corrected chi connectivity index (χ4v) is 1.66. The molecular weight excluding hydrogens is 186 g/mol. The fraction of sp³-hybridized carbons (Fsp3) is 0.154. The van der Waals surface area contributed by atoms with Gasteiger partial charge in [-0.1, -0.05) is 23.8 Å². The van der Waals surface area contributed by atoms with Crippen LogP contribution < -0.4 is 5.56 Å². The highest BCUT2D eigenvalue weighted by Crippen LogP contribution is 2.22. The van der Waals surface area contributed by atoms with Gasteiger partial charge in [0.25, 0.3) is 0 Å². The van der Waals surface area contributed by atoms with Crippen molar-refractivity contribution in [3.05, 3.63) is 58.0 Å². The van der Waals surface area contributed by atoms with Crippen molar-refractivity contribution in [2.45, 2.75) is 13.8 Å². The molecule has 0 spiro atoms. The summed E-state index contributed by atoms with van der Waals surface area (Å²) in [6, 6.07) is 9.80. The van der Waals surface area contributed by atoms with Crippen LogP contribution in [0.25, 0.3) is 11.1 Å². The van der Waals surface area contributed by atoms with Crippen LogP contribution in [-0.2, 0) is 0 Å². The van der Waals surface area contributed by atoms with E-state index in [0.717, 1.165) is 11.1 Å². The Balaban J connectivity index is 2.63. The average Bonchev–Trinajstić information content (AvgIpc) is 2.22. The summed E-state index contributed by atoms with van der Waals surface area (Å²) in [5, 5.41) is 0. The molecule has 76 valence electrons. The molecule has 1 aromatic heterocycles. The molecule has 0 unspecified atom stereocenters. The molecule has 2 rings (SSSR count). The van der Waals surface area contributed by atoms with Crippen LogP contribution in [0.5, 0.6) is 0 Å². The largest absolute Gasteiger partial charge is 0.329 e. The Morgan fingerprint density at radius 2 is 1.87 bits per heavy atom. The van der Waals surface area contributed by atoms with Gasteiger partial charge in [-0.05, 0) is 36.6 Å². The van der Waals surface area contributed by atoms with Crippen molar-refractivity contribution < 1.29 is 0 Å². The lowest BCUT2D eigenvalue weighted by molar-refractivity contribution is 1.24. The lowest BCUT2D eigenvalue weighted by Gasteiger charge is -2.06. The molecule has 2 heteroatoms. The highest BCUT2D eigenvalue weighted by Gasteiger charge is 2.02. The molecule has 0 fully saturated rings. The summed E-state index contributed by atoms with van der Waals surface area (Å²) in [7, 11) is 0. The minimum atomic E-state index is -0.0617. The van der Waals surface area contributed by atoms with Gasteiger partial charge in [0, 0.05) is 12.3 Å². The number of rotatable bonds is 1. The molecule has 0 aliphatic heterocycles. The minimum Gasteiger partial charge on any atom is -0.329 e. The summed E-state index contributed by atoms with van der Waals surface area (Å²) >= 11 is 0. The Bertz CT molecular complexity index is 540. The van der Waals surface area contributed by atoms with E-state index in [1.54, 1.807) is 12.3 Å². The van der Waals surface area contributed by atoms with Crippen LogP contribution in [0.2, 0.25) is 0 Å². The first-order valence-electron chi connectivity index (χ1n) is 4.93. The van der Waals surface area contributed by atoms with E-state index in [0.29, 0.717) is 0 Å². The second-order valence-corrected chi connectivity index (χ2v) is 3.76. The topological polar surface area (TPSA) is 32.9 Å². The molecule has 0 aliphatic rings. The molecule has 0 aliphatic carbocycles. The Labute approximate surface area is 88.6 Å². The summed E-state index contributed by atoms with van der Waals surface area (Å²) < 4.78 is 0. The van der Waals surface area contributed by atoms with E-state index in [-0.39, 0.29) is 5.56 Å². The third-order valence-electron chi connectivity index (χ3n) is 2.48. The van der Waals surface area contributed by atoms with Gasteiger partial charge in [-0.2, -0.15) is 0 Å². The van der Waals surface area contributed by atoms with Gasteiger partial charge < -0.3 is 4.98 Å². The van der Waals surface area contributed by atoms with E-state index < -0.39 is 0 Å². The van der Waals surface area contributed by atoms with E-state index in [2.05, 4.69) is 37.0 Å². The van der Waals surface area contributed by atoms with Gasteiger partial charge in [0.2, 0.25) is 5.56 Å². The summed E-state index contributed by atoms with van der Waals surface area (Å²) in [5.74, 6) is 0. The molecule has 0 saturated heterocycles. The number of H-pyrrole nitrogens is 1. The SMILES string of the molecule is Cc1ccc(C)c(-c2cc[nH]c(=O)c2)c1. The maximum Gasteiger partial charge on any atom is 0.248 e. The van der Waals surface area contributed by atoms with Gasteiger partial charge >= 0.3 is 0 Å². The molecule has 0 atom stereocenters. The van der Waals surface area contributed by atoms with Crippen molar-refractivity contribution in [1.29, 1.82) is 0 Å². The van der Waals surface area contributed by atoms with E-state index in [1.165, 1.54) is 11.1 Å². The highest BCUT2D eigenvalue weighted by molar-refractivity contribution is 5.67. The summed E-state index contributed by atoms with van der Waals surface area (Å²) in [6.45, 7) is 4.10. The quantitative estimate of drug-likeness (QED) is 0.752. The summed E-state index contributed by atoms with van der Waals surface area (Å²) in [5.41, 5.74) is 4.43. The first-order chi connectivity index (χ1) is 7.16. The summed E-state index contributed by atoms with van der Waals surface area (Å²) in [4.78, 5) is 13.8. The number of aromatic amines is 1. The molecule has 0 bridgehead atoms. The molecule has 1 N–H and O–H groups in total. The zero-order valence-electron chi connectivity index (χ0n) is 8.87. The van der Waals surface area contributed by atoms with Gasteiger partial charge in [-0.15, -0.1) is 0 Å². The van der Waals surface area contributed by atoms with Gasteiger partial charge in [0.1, 0.15) is 0 Å². The van der Waals surface area contributed by atoms with E-state index >= 15 is 0 Å². The Morgan fingerprint density at radius 3 is 2.60 bits per heavy atom. The third-order valence-corrected chi connectivity index (χ3v) is 2.48. The number of pyridine rings is 1. The van der Waals surface area contributed by atoms with Crippen LogP contribution in [0.4, 0.5) is 0 Å². The molecule has 1 aromatic carbocycles. The van der Waals surface area contributed by atoms with Gasteiger partial charge in [-0.3, -0.25) is 4.79 Å². The second kappa shape index (κ2) is 3.73. The molecule has 0 amide bonds. The molecule has 1 heterocycles. The molecular formula is C13H13NO. The van der Waals surface area contributed by atoms with E-state index in [1.807, 2.05) is 6.07 Å². The zero-order chi connectivity index (χ0) is 10.8. The van der Waals surface area contributed by atoms with Gasteiger partial charge in [-0.25, -0.2) is 0 Å². The van der Waals surface area contributed by atoms with E-state index in [9.17, 15) is 4.79 Å². The minimum absolute atomic E-state index is 0.0617. The second-order valence-electron chi connectivity index (χ2n) is 3.76. The molecule has 0 radical (unpaired) electrons. The van der Waals surface area contributed by atoms with Crippen LogP contribution in [0, 0.1) is 13.8 Å². The average molecular weight is 199 g/mol. The zero-order valence-corrected chi connectivity index (χ0v) is 8.87. The van der Waals surface area contributed by atoms with Crippen molar-refractivity contribution in [2.75, 3.05) is 0 Å². The Hall–Kier alpha value is -1.83. The van der Waals surface area contributed by atoms with Crippen LogP contribution in [-0.4, -0.2) is 4.98 Å². The smallest absolute Gasteiger partial charge is 0.248 e. The predicted molar refractivity (Wildman–Crippen MR) is 62.0 cm³/mol. The monoisotopic (exact) mass is 199 g/mol. The highest BCUT2D eigenvalue weighted by atomic mass is 16.1. The van der Waals surface area contributed by atoms with Crippen molar-refractivity contribution >= 4 is 0 Å². The maximum absolute atomic E-state index is 11.2. The molecule has 2 aromatic rings. The normalized spacial score (nSPS) is 10.3. The standard InChI is InChI=1S/C13H13NO/c1-9-3-4-10(2)12(7-9)11-5-6-14-13(15)8-11/h3-8H,1-2H3,(H,14,15). The van der Waals surface area contributed by atoms with Crippen LogP contribution in [0.1, 0.15) is 11.1 Å². The lowest BCUT2D eigenvalue weighted by atomic mass is 9.99. The number of nitrogens with one attached hydrogen (secondary N) is 1. The van der Waals surface area contributed by atoms with Crippen LogP contribution >= 0.6 is 0 Å². The van der Waals surface area contributed by atoms with Crippen molar-refractivity contribution in [1.82, 2.24) is 4.98 Å². The lowest BCUT2D eigenvalue weighted by Crippen LogP contribution is -2.02. The molecule has 2 nitrogen and oxygen atoms in total. The van der Waals surface area contributed by atoms with Gasteiger partial charge in [0.15, 0.2) is 0 Å². The predicted octanol–water partition coefficient (Wildman–Crippen LogP) is 2.66. The number of benzene rings is 1. The molecule has 0 saturated carbocycles. The first kappa shape index (κ1) is 9.71. The molecule has 15 heavy (non-hydrogen) atoms. The van der Waals surface area contributed by atoms with Crippen molar-refractivity contribution in [3.8, 4) is 11.1 Å². The number of hydrogen-bond donors (Lipinski definition) is 1. The van der Waals surface area contributed by atoms with Crippen molar-refractivity contribution in [2.24, 2.45) is 0 Å². The van der Waals surface area contributed by atoms with Crippen LogP contribution in [0.3, 0.4) is 0 Å². The Morgan fingerprint density at radius 1 is 1.07 bits per heavy atom. The van der Waals surface area contributed by atoms with Crippen molar-refractivity contribution in [3.63, 3.8) is 0 Å². The Kier molecular flexibility index (Phi) is 2.42. The van der Waals surface area contributed by atoms with Gasteiger partial charge in [0.05, 0.1) is 0 Å².